The predicted molar refractivity (Wildman–Crippen MR) is 128 cm³/mol. The standard InChI is InChI=1S/C26H27F4N3O4/c1-5-22(17-9-18-21(10-19(17)26(28,29)30)31-15(4)32-24(18)34)37-23-7-6-16(8-20(23)27)25(35)33-11-13(2)36-14(3)12-33/h6-10,13-14,22H,5,11-12H2,1-4H3,(H,31,32,34). The molecule has 0 spiro atoms. The first kappa shape index (κ1) is 26.6. The average Bonchev–Trinajstić information content (AvgIpc) is 2.81. The van der Waals surface area contributed by atoms with Crippen molar-refractivity contribution in [2.45, 2.75) is 58.6 Å². The van der Waals surface area contributed by atoms with Crippen LogP contribution in [0.4, 0.5) is 17.6 Å². The molecule has 37 heavy (non-hydrogen) atoms. The number of aryl methyl sites for hydroxylation is 1. The molecular formula is C26H27F4N3O4. The number of nitrogens with zero attached hydrogens (tertiary/aromatic N) is 2. The van der Waals surface area contributed by atoms with Crippen molar-refractivity contribution in [2.24, 2.45) is 0 Å². The fourth-order valence-corrected chi connectivity index (χ4v) is 4.61. The molecule has 7 nitrogen and oxygen atoms in total. The summed E-state index contributed by atoms with van der Waals surface area (Å²) < 4.78 is 68.3. The van der Waals surface area contributed by atoms with Crippen molar-refractivity contribution in [1.82, 2.24) is 14.9 Å². The molecule has 1 aliphatic heterocycles. The molecule has 2 aromatic carbocycles. The number of halogens is 4. The van der Waals surface area contributed by atoms with Crippen molar-refractivity contribution in [2.75, 3.05) is 13.1 Å². The number of H-pyrrole nitrogens is 1. The lowest BCUT2D eigenvalue weighted by atomic mass is 9.97. The number of morpholine rings is 1. The molecule has 3 atom stereocenters. The van der Waals surface area contributed by atoms with E-state index in [4.69, 9.17) is 9.47 Å². The second-order valence-corrected chi connectivity index (χ2v) is 9.23. The van der Waals surface area contributed by atoms with Crippen LogP contribution in [0.1, 0.15) is 60.6 Å². The van der Waals surface area contributed by atoms with Gasteiger partial charge in [-0.15, -0.1) is 0 Å². The van der Waals surface area contributed by atoms with Crippen LogP contribution in [0.3, 0.4) is 0 Å². The van der Waals surface area contributed by atoms with Gasteiger partial charge < -0.3 is 19.4 Å². The van der Waals surface area contributed by atoms with E-state index in [9.17, 15) is 22.8 Å². The Morgan fingerprint density at radius 1 is 1.22 bits per heavy atom. The minimum Gasteiger partial charge on any atom is -0.483 e. The Morgan fingerprint density at radius 2 is 1.89 bits per heavy atom. The number of benzene rings is 2. The maximum Gasteiger partial charge on any atom is 0.416 e. The van der Waals surface area contributed by atoms with Gasteiger partial charge in [-0.05, 0) is 57.5 Å². The van der Waals surface area contributed by atoms with Crippen LogP contribution in [-0.2, 0) is 10.9 Å². The fourth-order valence-electron chi connectivity index (χ4n) is 4.61. The molecule has 1 amide bonds. The van der Waals surface area contributed by atoms with Crippen molar-refractivity contribution in [1.29, 1.82) is 0 Å². The number of nitrogens with one attached hydrogen (secondary N) is 1. The van der Waals surface area contributed by atoms with E-state index in [1.165, 1.54) is 19.1 Å². The maximum absolute atomic E-state index is 15.0. The Hall–Kier alpha value is -3.47. The first-order chi connectivity index (χ1) is 17.4. The smallest absolute Gasteiger partial charge is 0.416 e. The van der Waals surface area contributed by atoms with Crippen LogP contribution in [0.5, 0.6) is 5.75 Å². The monoisotopic (exact) mass is 521 g/mol. The number of aromatic nitrogens is 2. The molecule has 1 aliphatic rings. The largest absolute Gasteiger partial charge is 0.483 e. The van der Waals surface area contributed by atoms with E-state index in [0.29, 0.717) is 13.1 Å². The van der Waals surface area contributed by atoms with Gasteiger partial charge in [-0.25, -0.2) is 9.37 Å². The lowest BCUT2D eigenvalue weighted by Gasteiger charge is -2.35. The molecule has 0 saturated carbocycles. The summed E-state index contributed by atoms with van der Waals surface area (Å²) in [6.45, 7) is 7.45. The number of alkyl halides is 3. The minimum absolute atomic E-state index is 0.0361. The second kappa shape index (κ2) is 10.1. The summed E-state index contributed by atoms with van der Waals surface area (Å²) in [6, 6.07) is 5.51. The zero-order valence-corrected chi connectivity index (χ0v) is 20.8. The third kappa shape index (κ3) is 5.61. The van der Waals surface area contributed by atoms with Gasteiger partial charge in [0.05, 0.1) is 28.7 Å². The van der Waals surface area contributed by atoms with Gasteiger partial charge in [0.2, 0.25) is 0 Å². The molecule has 3 unspecified atom stereocenters. The first-order valence-corrected chi connectivity index (χ1v) is 11.9. The Morgan fingerprint density at radius 3 is 2.49 bits per heavy atom. The Balaban J connectivity index is 1.67. The Bertz CT molecular complexity index is 1380. The highest BCUT2D eigenvalue weighted by atomic mass is 19.4. The number of carbonyl (C=O) groups is 1. The van der Waals surface area contributed by atoms with E-state index in [-0.39, 0.29) is 58.1 Å². The average molecular weight is 522 g/mol. The Labute approximate surface area is 210 Å². The van der Waals surface area contributed by atoms with E-state index in [1.807, 2.05) is 13.8 Å². The topological polar surface area (TPSA) is 84.5 Å². The molecule has 198 valence electrons. The van der Waals surface area contributed by atoms with E-state index in [0.717, 1.165) is 18.2 Å². The summed E-state index contributed by atoms with van der Waals surface area (Å²) in [5, 5.41) is -0.0361. The van der Waals surface area contributed by atoms with Crippen molar-refractivity contribution >= 4 is 16.8 Å². The van der Waals surface area contributed by atoms with Crippen LogP contribution in [0, 0.1) is 12.7 Å². The maximum atomic E-state index is 15.0. The lowest BCUT2D eigenvalue weighted by molar-refractivity contribution is -0.139. The van der Waals surface area contributed by atoms with Gasteiger partial charge in [0, 0.05) is 24.2 Å². The van der Waals surface area contributed by atoms with Gasteiger partial charge in [-0.2, -0.15) is 13.2 Å². The van der Waals surface area contributed by atoms with Gasteiger partial charge in [-0.1, -0.05) is 6.92 Å². The molecule has 1 saturated heterocycles. The number of amides is 1. The number of aromatic amines is 1. The number of carbonyl (C=O) groups excluding carboxylic acids is 1. The number of ether oxygens (including phenoxy) is 2. The van der Waals surface area contributed by atoms with Crippen molar-refractivity contribution in [3.63, 3.8) is 0 Å². The fraction of sp³-hybridized carbons (Fsp3) is 0.423. The van der Waals surface area contributed by atoms with Crippen molar-refractivity contribution in [3.05, 3.63) is 69.0 Å². The summed E-state index contributed by atoms with van der Waals surface area (Å²) >= 11 is 0. The van der Waals surface area contributed by atoms with Crippen LogP contribution < -0.4 is 10.3 Å². The highest BCUT2D eigenvalue weighted by molar-refractivity contribution is 5.94. The zero-order chi connectivity index (χ0) is 27.1. The van der Waals surface area contributed by atoms with E-state index < -0.39 is 29.2 Å². The minimum atomic E-state index is -4.76. The third-order valence-corrected chi connectivity index (χ3v) is 6.17. The van der Waals surface area contributed by atoms with Gasteiger partial charge >= 0.3 is 6.18 Å². The third-order valence-electron chi connectivity index (χ3n) is 6.17. The van der Waals surface area contributed by atoms with Gasteiger partial charge in [-0.3, -0.25) is 9.59 Å². The number of hydrogen-bond donors (Lipinski definition) is 1. The Kier molecular flexibility index (Phi) is 7.27. The predicted octanol–water partition coefficient (Wildman–Crippen LogP) is 5.17. The summed E-state index contributed by atoms with van der Waals surface area (Å²) in [6.07, 6.45) is -6.27. The first-order valence-electron chi connectivity index (χ1n) is 11.9. The molecule has 1 N–H and O–H groups in total. The summed E-state index contributed by atoms with van der Waals surface area (Å²) in [7, 11) is 0. The van der Waals surface area contributed by atoms with Gasteiger partial charge in [0.15, 0.2) is 11.6 Å². The second-order valence-electron chi connectivity index (χ2n) is 9.23. The quantitative estimate of drug-likeness (QED) is 0.469. The van der Waals surface area contributed by atoms with Crippen molar-refractivity contribution < 1.29 is 31.8 Å². The zero-order valence-electron chi connectivity index (χ0n) is 20.8. The molecule has 0 aliphatic carbocycles. The lowest BCUT2D eigenvalue weighted by Crippen LogP contribution is -2.48. The van der Waals surface area contributed by atoms with Crippen LogP contribution >= 0.6 is 0 Å². The van der Waals surface area contributed by atoms with Crippen LogP contribution in [0.25, 0.3) is 10.9 Å². The molecule has 4 rings (SSSR count). The molecular weight excluding hydrogens is 494 g/mol. The highest BCUT2D eigenvalue weighted by Gasteiger charge is 2.37. The molecule has 2 heterocycles. The van der Waals surface area contributed by atoms with Gasteiger partial charge in [0.25, 0.3) is 11.5 Å². The van der Waals surface area contributed by atoms with Crippen LogP contribution in [-0.4, -0.2) is 46.1 Å². The summed E-state index contributed by atoms with van der Waals surface area (Å²) in [5.41, 5.74) is -1.93. The molecule has 0 bridgehead atoms. The highest BCUT2D eigenvalue weighted by Crippen LogP contribution is 2.39. The van der Waals surface area contributed by atoms with Crippen LogP contribution in [0.2, 0.25) is 0 Å². The molecule has 1 fully saturated rings. The summed E-state index contributed by atoms with van der Waals surface area (Å²) in [4.78, 5) is 33.3. The molecule has 0 radical (unpaired) electrons. The van der Waals surface area contributed by atoms with Crippen LogP contribution in [0.15, 0.2) is 35.1 Å². The molecule has 3 aromatic rings. The summed E-state index contributed by atoms with van der Waals surface area (Å²) in [5.74, 6) is -1.39. The van der Waals surface area contributed by atoms with Gasteiger partial charge in [0.1, 0.15) is 11.9 Å². The number of rotatable bonds is 5. The van der Waals surface area contributed by atoms with E-state index in [1.54, 1.807) is 11.8 Å². The van der Waals surface area contributed by atoms with Crippen molar-refractivity contribution in [3.8, 4) is 5.75 Å². The number of hydrogen-bond acceptors (Lipinski definition) is 5. The normalized spacial score (nSPS) is 19.2. The molecule has 11 heteroatoms. The SMILES string of the molecule is CCC(Oc1ccc(C(=O)N2CC(C)OC(C)C2)cc1F)c1cc2c(=O)[nH]c(C)nc2cc1C(F)(F)F. The van der Waals surface area contributed by atoms with E-state index in [2.05, 4.69) is 9.97 Å². The molecule has 1 aromatic heterocycles. The number of fused-ring (bicyclic) bond motifs is 1. The van der Waals surface area contributed by atoms with E-state index >= 15 is 4.39 Å².